The smallest absolute Gasteiger partial charge is 0.316 e. The van der Waals surface area contributed by atoms with Gasteiger partial charge < -0.3 is 5.32 Å². The predicted octanol–water partition coefficient (Wildman–Crippen LogP) is 2.57. The van der Waals surface area contributed by atoms with Gasteiger partial charge in [-0.1, -0.05) is 18.2 Å². The van der Waals surface area contributed by atoms with Gasteiger partial charge in [0.1, 0.15) is 0 Å². The molecule has 1 saturated heterocycles. The van der Waals surface area contributed by atoms with Crippen LogP contribution < -0.4 is 5.32 Å². The van der Waals surface area contributed by atoms with Crippen LogP contribution in [0.1, 0.15) is 17.5 Å². The van der Waals surface area contributed by atoms with Crippen LogP contribution in [0.3, 0.4) is 0 Å². The summed E-state index contributed by atoms with van der Waals surface area (Å²) in [7, 11) is 0. The summed E-state index contributed by atoms with van der Waals surface area (Å²) in [5, 5.41) is 3.24. The first-order valence-corrected chi connectivity index (χ1v) is 5.41. The Bertz CT molecular complexity index is 427. The molecule has 1 nitrogen and oxygen atoms in total. The number of benzene rings is 1. The zero-order valence-corrected chi connectivity index (χ0v) is 8.64. The third kappa shape index (κ3) is 1.36. The van der Waals surface area contributed by atoms with Crippen LogP contribution in [0, 0.1) is 5.92 Å². The van der Waals surface area contributed by atoms with E-state index in [1.165, 1.54) is 12.1 Å². The summed E-state index contributed by atoms with van der Waals surface area (Å²) in [5.41, 5.74) is 0.315. The van der Waals surface area contributed by atoms with Gasteiger partial charge >= 0.3 is 6.18 Å². The molecular formula is C12H12F3N. The van der Waals surface area contributed by atoms with Crippen molar-refractivity contribution >= 4 is 0 Å². The quantitative estimate of drug-likeness (QED) is 0.777. The molecule has 1 N–H and O–H groups in total. The molecule has 1 aromatic rings. The van der Waals surface area contributed by atoms with Gasteiger partial charge in [-0.2, -0.15) is 13.2 Å². The number of alkyl halides is 3. The van der Waals surface area contributed by atoms with Gasteiger partial charge in [-0.05, 0) is 30.5 Å². The second-order valence-corrected chi connectivity index (χ2v) is 4.77. The molecule has 4 heteroatoms. The largest absolute Gasteiger partial charge is 0.416 e. The summed E-state index contributed by atoms with van der Waals surface area (Å²) in [6.45, 7) is 1.76. The van der Waals surface area contributed by atoms with Crippen molar-refractivity contribution in [1.82, 2.24) is 5.32 Å². The molecule has 0 amide bonds. The molecule has 1 heterocycles. The topological polar surface area (TPSA) is 12.0 Å². The van der Waals surface area contributed by atoms with Crippen molar-refractivity contribution in [2.45, 2.75) is 18.0 Å². The van der Waals surface area contributed by atoms with Crippen molar-refractivity contribution < 1.29 is 13.2 Å². The van der Waals surface area contributed by atoms with E-state index in [1.807, 2.05) is 6.07 Å². The number of piperidine rings is 1. The van der Waals surface area contributed by atoms with Crippen molar-refractivity contribution in [3.05, 3.63) is 35.4 Å². The Hall–Kier alpha value is -1.03. The van der Waals surface area contributed by atoms with Gasteiger partial charge in [-0.25, -0.2) is 0 Å². The molecule has 0 unspecified atom stereocenters. The van der Waals surface area contributed by atoms with Crippen molar-refractivity contribution in [2.24, 2.45) is 5.92 Å². The molecule has 3 rings (SSSR count). The summed E-state index contributed by atoms with van der Waals surface area (Å²) >= 11 is 0. The first kappa shape index (κ1) is 10.1. The highest BCUT2D eigenvalue weighted by atomic mass is 19.4. The Balaban J connectivity index is 1.98. The van der Waals surface area contributed by atoms with Gasteiger partial charge in [0, 0.05) is 12.0 Å². The highest BCUT2D eigenvalue weighted by Gasteiger charge is 2.58. The van der Waals surface area contributed by atoms with Gasteiger partial charge in [0.25, 0.3) is 0 Å². The number of hydrogen-bond acceptors (Lipinski definition) is 1. The maximum Gasteiger partial charge on any atom is 0.416 e. The summed E-state index contributed by atoms with van der Waals surface area (Å²) in [6, 6.07) is 5.79. The molecule has 16 heavy (non-hydrogen) atoms. The third-order valence-corrected chi connectivity index (χ3v) is 3.83. The molecule has 1 aromatic carbocycles. The normalized spacial score (nSPS) is 32.6. The van der Waals surface area contributed by atoms with E-state index in [-0.39, 0.29) is 5.41 Å². The second-order valence-electron chi connectivity index (χ2n) is 4.77. The van der Waals surface area contributed by atoms with Crippen LogP contribution in [-0.2, 0) is 11.6 Å². The zero-order valence-electron chi connectivity index (χ0n) is 8.64. The van der Waals surface area contributed by atoms with Crippen LogP contribution in [0.5, 0.6) is 0 Å². The molecule has 1 saturated carbocycles. The van der Waals surface area contributed by atoms with Crippen LogP contribution in [0.15, 0.2) is 24.3 Å². The summed E-state index contributed by atoms with van der Waals surface area (Å²) in [4.78, 5) is 0. The second kappa shape index (κ2) is 3.00. The third-order valence-electron chi connectivity index (χ3n) is 3.83. The number of hydrogen-bond donors (Lipinski definition) is 1. The minimum atomic E-state index is -4.23. The molecule has 86 valence electrons. The highest BCUT2D eigenvalue weighted by Crippen LogP contribution is 2.56. The van der Waals surface area contributed by atoms with E-state index in [0.29, 0.717) is 5.92 Å². The van der Waals surface area contributed by atoms with E-state index < -0.39 is 11.7 Å². The van der Waals surface area contributed by atoms with Gasteiger partial charge in [-0.3, -0.25) is 0 Å². The minimum absolute atomic E-state index is 0.00125. The molecule has 2 aliphatic rings. The standard InChI is InChI=1S/C12H12F3N/c13-12(14,15)9-3-1-2-8(4-9)11-5-10(11)6-16-7-11/h1-4,10,16H,5-7H2/t10-,11+/m1/s1. The van der Waals surface area contributed by atoms with Gasteiger partial charge in [-0.15, -0.1) is 0 Å². The van der Waals surface area contributed by atoms with Crippen LogP contribution >= 0.6 is 0 Å². The van der Waals surface area contributed by atoms with Crippen molar-refractivity contribution in [2.75, 3.05) is 13.1 Å². The van der Waals surface area contributed by atoms with Crippen molar-refractivity contribution in [3.63, 3.8) is 0 Å². The fraction of sp³-hybridized carbons (Fsp3) is 0.500. The average Bonchev–Trinajstić information content (AvgIpc) is 2.81. The Morgan fingerprint density at radius 3 is 2.69 bits per heavy atom. The molecule has 0 radical (unpaired) electrons. The monoisotopic (exact) mass is 227 g/mol. The van der Waals surface area contributed by atoms with E-state index in [2.05, 4.69) is 5.32 Å². The number of rotatable bonds is 1. The van der Waals surface area contributed by atoms with E-state index in [0.717, 1.165) is 31.1 Å². The molecule has 1 aliphatic carbocycles. The van der Waals surface area contributed by atoms with Gasteiger partial charge in [0.05, 0.1) is 5.56 Å². The summed E-state index contributed by atoms with van der Waals surface area (Å²) in [6.07, 6.45) is -3.20. The Morgan fingerprint density at radius 2 is 2.12 bits per heavy atom. The minimum Gasteiger partial charge on any atom is -0.316 e. The van der Waals surface area contributed by atoms with Crippen LogP contribution in [0.2, 0.25) is 0 Å². The van der Waals surface area contributed by atoms with E-state index in [1.54, 1.807) is 0 Å². The lowest BCUT2D eigenvalue weighted by Gasteiger charge is -2.14. The van der Waals surface area contributed by atoms with Crippen molar-refractivity contribution in [3.8, 4) is 0 Å². The molecular weight excluding hydrogens is 215 g/mol. The fourth-order valence-corrected chi connectivity index (χ4v) is 2.80. The van der Waals surface area contributed by atoms with Gasteiger partial charge in [0.2, 0.25) is 0 Å². The number of halogens is 3. The van der Waals surface area contributed by atoms with Crippen LogP contribution in [0.4, 0.5) is 13.2 Å². The Labute approximate surface area is 91.7 Å². The highest BCUT2D eigenvalue weighted by molar-refractivity contribution is 5.39. The van der Waals surface area contributed by atoms with Crippen molar-refractivity contribution in [1.29, 1.82) is 0 Å². The summed E-state index contributed by atoms with van der Waals surface area (Å²) in [5.74, 6) is 0.538. The molecule has 2 fully saturated rings. The number of nitrogens with one attached hydrogen (secondary N) is 1. The molecule has 0 aromatic heterocycles. The van der Waals surface area contributed by atoms with Crippen LogP contribution in [0.25, 0.3) is 0 Å². The first-order valence-electron chi connectivity index (χ1n) is 5.41. The molecule has 2 atom stereocenters. The first-order chi connectivity index (χ1) is 7.52. The van der Waals surface area contributed by atoms with Crippen LogP contribution in [-0.4, -0.2) is 13.1 Å². The molecule has 0 spiro atoms. The lowest BCUT2D eigenvalue weighted by Crippen LogP contribution is -2.19. The maximum atomic E-state index is 12.6. The van der Waals surface area contributed by atoms with E-state index in [9.17, 15) is 13.2 Å². The predicted molar refractivity (Wildman–Crippen MR) is 54.1 cm³/mol. The van der Waals surface area contributed by atoms with E-state index in [4.69, 9.17) is 0 Å². The maximum absolute atomic E-state index is 12.6. The Morgan fingerprint density at radius 1 is 1.31 bits per heavy atom. The lowest BCUT2D eigenvalue weighted by atomic mass is 9.93. The van der Waals surface area contributed by atoms with E-state index >= 15 is 0 Å². The molecule has 0 bridgehead atoms. The summed E-state index contributed by atoms with van der Waals surface area (Å²) < 4.78 is 37.7. The molecule has 1 aliphatic heterocycles. The van der Waals surface area contributed by atoms with Gasteiger partial charge in [0.15, 0.2) is 0 Å². The lowest BCUT2D eigenvalue weighted by molar-refractivity contribution is -0.137. The Kier molecular flexibility index (Phi) is 1.90. The SMILES string of the molecule is FC(F)(F)c1cccc([C@]23CNC[C@H]2C3)c1. The zero-order chi connectivity index (χ0) is 11.4. The average molecular weight is 227 g/mol. The number of fused-ring (bicyclic) bond motifs is 1. The fourth-order valence-electron chi connectivity index (χ4n) is 2.80.